The summed E-state index contributed by atoms with van der Waals surface area (Å²) in [7, 11) is 0. The minimum Gasteiger partial charge on any atom is -0.248 e. The quantitative estimate of drug-likeness (QED) is 0.219. The standard InChI is InChI=1S/C26H20.CHNS/c1-5-13-21(14-6-1)25(22-15-7-2-8-16-22)26(23-17-9-3-10-18-23)24-19-11-4-12-20-24;2-1-3/h1-20H;2H. The molecular weight excluding hydrogens is 370 g/mol. The highest BCUT2D eigenvalue weighted by Crippen LogP contribution is 2.36. The summed E-state index contributed by atoms with van der Waals surface area (Å²) in [6, 6.07) is 42.6. The average molecular weight is 392 g/mol. The molecule has 0 unspecified atom stereocenters. The number of rotatable bonds is 4. The predicted molar refractivity (Wildman–Crippen MR) is 126 cm³/mol. The van der Waals surface area contributed by atoms with Gasteiger partial charge in [-0.3, -0.25) is 0 Å². The van der Waals surface area contributed by atoms with Crippen LogP contribution in [0.5, 0.6) is 0 Å². The van der Waals surface area contributed by atoms with Crippen molar-refractivity contribution in [2.75, 3.05) is 0 Å². The Morgan fingerprint density at radius 2 is 0.621 bits per heavy atom. The Kier molecular flexibility index (Phi) is 7.42. The van der Waals surface area contributed by atoms with Gasteiger partial charge in [0.05, 0.1) is 5.16 Å². The molecule has 4 aromatic rings. The number of isothiocyanates is 1. The van der Waals surface area contributed by atoms with E-state index in [1.807, 2.05) is 0 Å². The molecule has 0 radical (unpaired) electrons. The molecule has 0 aliphatic carbocycles. The van der Waals surface area contributed by atoms with Crippen LogP contribution in [0.15, 0.2) is 121 Å². The molecule has 140 valence electrons. The first-order chi connectivity index (χ1) is 14.3. The van der Waals surface area contributed by atoms with Gasteiger partial charge in [0.2, 0.25) is 0 Å². The van der Waals surface area contributed by atoms with E-state index in [9.17, 15) is 0 Å². The van der Waals surface area contributed by atoms with Gasteiger partial charge in [-0.05, 0) is 45.6 Å². The van der Waals surface area contributed by atoms with Crippen LogP contribution in [0.2, 0.25) is 0 Å². The fourth-order valence-electron chi connectivity index (χ4n) is 3.33. The molecule has 0 spiro atoms. The van der Waals surface area contributed by atoms with Gasteiger partial charge in [-0.15, -0.1) is 0 Å². The molecule has 0 aliphatic heterocycles. The molecule has 1 N–H and O–H groups in total. The fourth-order valence-corrected chi connectivity index (χ4v) is 3.33. The topological polar surface area (TPSA) is 23.9 Å². The Morgan fingerprint density at radius 1 is 0.448 bits per heavy atom. The smallest absolute Gasteiger partial charge is 0.0554 e. The molecule has 0 fully saturated rings. The summed E-state index contributed by atoms with van der Waals surface area (Å²) in [5.41, 5.74) is 7.40. The van der Waals surface area contributed by atoms with Crippen LogP contribution in [0.4, 0.5) is 0 Å². The zero-order valence-electron chi connectivity index (χ0n) is 16.0. The maximum atomic E-state index is 5.77. The highest BCUT2D eigenvalue weighted by atomic mass is 32.1. The van der Waals surface area contributed by atoms with Crippen LogP contribution < -0.4 is 0 Å². The van der Waals surface area contributed by atoms with E-state index >= 15 is 0 Å². The molecule has 4 aromatic carbocycles. The zero-order valence-corrected chi connectivity index (χ0v) is 16.8. The van der Waals surface area contributed by atoms with Gasteiger partial charge in [0.1, 0.15) is 0 Å². The number of hydrogen-bond donors (Lipinski definition) is 1. The van der Waals surface area contributed by atoms with Crippen molar-refractivity contribution in [3.8, 4) is 0 Å². The van der Waals surface area contributed by atoms with Crippen LogP contribution in [-0.4, -0.2) is 5.16 Å². The van der Waals surface area contributed by atoms with Gasteiger partial charge in [-0.25, -0.2) is 5.41 Å². The largest absolute Gasteiger partial charge is 0.248 e. The second kappa shape index (κ2) is 10.7. The molecule has 0 atom stereocenters. The van der Waals surface area contributed by atoms with Gasteiger partial charge in [0.15, 0.2) is 0 Å². The summed E-state index contributed by atoms with van der Waals surface area (Å²) in [6.45, 7) is 0. The van der Waals surface area contributed by atoms with Crippen molar-refractivity contribution in [3.63, 3.8) is 0 Å². The third-order valence-electron chi connectivity index (χ3n) is 4.50. The first kappa shape index (κ1) is 20.2. The molecule has 2 heteroatoms. The first-order valence-corrected chi connectivity index (χ1v) is 9.76. The Hall–Kier alpha value is -3.58. The SMILES string of the molecule is N=C=S.c1ccc(C(=C(c2ccccc2)c2ccccc2)c2ccccc2)cc1. The van der Waals surface area contributed by atoms with Crippen LogP contribution in [0.25, 0.3) is 11.1 Å². The predicted octanol–water partition coefficient (Wildman–Crippen LogP) is 7.36. The average Bonchev–Trinajstić information content (AvgIpc) is 2.80. The number of thiocarbonyl (C=S) groups is 1. The van der Waals surface area contributed by atoms with Gasteiger partial charge < -0.3 is 0 Å². The second-order valence-corrected chi connectivity index (χ2v) is 6.52. The molecule has 29 heavy (non-hydrogen) atoms. The molecule has 0 amide bonds. The summed E-state index contributed by atoms with van der Waals surface area (Å²) in [5, 5.41) is 7.36. The Labute approximate surface area is 177 Å². The van der Waals surface area contributed by atoms with Gasteiger partial charge in [0.25, 0.3) is 0 Å². The molecule has 0 bridgehead atoms. The molecule has 0 saturated carbocycles. The summed E-state index contributed by atoms with van der Waals surface area (Å²) in [4.78, 5) is 0. The number of hydrogen-bond acceptors (Lipinski definition) is 2. The molecule has 0 aliphatic rings. The molecule has 0 aromatic heterocycles. The second-order valence-electron chi connectivity index (χ2n) is 6.32. The molecule has 4 rings (SSSR count). The van der Waals surface area contributed by atoms with E-state index in [1.54, 1.807) is 5.16 Å². The van der Waals surface area contributed by atoms with Gasteiger partial charge in [-0.1, -0.05) is 121 Å². The van der Waals surface area contributed by atoms with Gasteiger partial charge >= 0.3 is 0 Å². The summed E-state index contributed by atoms with van der Waals surface area (Å²) in [5.74, 6) is 0. The fraction of sp³-hybridized carbons (Fsp3) is 0. The van der Waals surface area contributed by atoms with E-state index in [-0.39, 0.29) is 0 Å². The number of benzene rings is 4. The summed E-state index contributed by atoms with van der Waals surface area (Å²) in [6.07, 6.45) is 0. The minimum absolute atomic E-state index is 1.22. The maximum Gasteiger partial charge on any atom is 0.0554 e. The normalized spacial score (nSPS) is 9.52. The Bertz CT molecular complexity index is 912. The monoisotopic (exact) mass is 391 g/mol. The van der Waals surface area contributed by atoms with Crippen LogP contribution in [0.1, 0.15) is 22.3 Å². The maximum absolute atomic E-state index is 5.77. The van der Waals surface area contributed by atoms with E-state index in [2.05, 4.69) is 134 Å². The van der Waals surface area contributed by atoms with E-state index in [0.717, 1.165) is 0 Å². The summed E-state index contributed by atoms with van der Waals surface area (Å²) >= 11 is 3.81. The van der Waals surface area contributed by atoms with Crippen molar-refractivity contribution in [3.05, 3.63) is 144 Å². The van der Waals surface area contributed by atoms with Crippen molar-refractivity contribution in [2.45, 2.75) is 0 Å². The summed E-state index contributed by atoms with van der Waals surface area (Å²) < 4.78 is 0. The Balaban J connectivity index is 0.000000755. The molecule has 0 saturated heterocycles. The lowest BCUT2D eigenvalue weighted by Gasteiger charge is -2.18. The van der Waals surface area contributed by atoms with E-state index < -0.39 is 0 Å². The van der Waals surface area contributed by atoms with E-state index in [4.69, 9.17) is 5.41 Å². The lowest BCUT2D eigenvalue weighted by atomic mass is 9.86. The lowest BCUT2D eigenvalue weighted by molar-refractivity contribution is 1.50. The highest BCUT2D eigenvalue weighted by Gasteiger charge is 2.15. The van der Waals surface area contributed by atoms with Crippen LogP contribution in [-0.2, 0) is 0 Å². The van der Waals surface area contributed by atoms with Crippen LogP contribution in [0, 0.1) is 5.41 Å². The third kappa shape index (κ3) is 5.24. The molecular formula is C27H21NS. The van der Waals surface area contributed by atoms with Gasteiger partial charge in [-0.2, -0.15) is 0 Å². The molecule has 1 nitrogen and oxygen atoms in total. The van der Waals surface area contributed by atoms with Crippen molar-refractivity contribution in [2.24, 2.45) is 0 Å². The van der Waals surface area contributed by atoms with Gasteiger partial charge in [0, 0.05) is 0 Å². The lowest BCUT2D eigenvalue weighted by Crippen LogP contribution is -1.97. The van der Waals surface area contributed by atoms with Crippen LogP contribution in [0.3, 0.4) is 0 Å². The molecule has 0 heterocycles. The zero-order chi connectivity index (χ0) is 20.3. The third-order valence-corrected chi connectivity index (χ3v) is 4.50. The number of nitrogens with one attached hydrogen (secondary N) is 1. The van der Waals surface area contributed by atoms with Crippen molar-refractivity contribution >= 4 is 28.5 Å². The van der Waals surface area contributed by atoms with Crippen molar-refractivity contribution in [1.29, 1.82) is 5.41 Å². The van der Waals surface area contributed by atoms with E-state index in [1.165, 1.54) is 33.4 Å². The van der Waals surface area contributed by atoms with Crippen molar-refractivity contribution < 1.29 is 0 Å². The van der Waals surface area contributed by atoms with Crippen molar-refractivity contribution in [1.82, 2.24) is 0 Å². The highest BCUT2D eigenvalue weighted by molar-refractivity contribution is 7.78. The minimum atomic E-state index is 1.22. The first-order valence-electron chi connectivity index (χ1n) is 9.35. The Morgan fingerprint density at radius 3 is 0.793 bits per heavy atom. The van der Waals surface area contributed by atoms with Crippen LogP contribution >= 0.6 is 12.2 Å². The van der Waals surface area contributed by atoms with E-state index in [0.29, 0.717) is 0 Å².